The second-order valence-electron chi connectivity index (χ2n) is 4.32. The van der Waals surface area contributed by atoms with Gasteiger partial charge in [0.1, 0.15) is 0 Å². The lowest BCUT2D eigenvalue weighted by atomic mass is 10.1. The number of nitrogens with one attached hydrogen (secondary N) is 1. The van der Waals surface area contributed by atoms with Crippen LogP contribution in [0.4, 0.5) is 0 Å². The predicted octanol–water partition coefficient (Wildman–Crippen LogP) is 4.18. The van der Waals surface area contributed by atoms with Crippen molar-refractivity contribution in [2.24, 2.45) is 0 Å². The van der Waals surface area contributed by atoms with Gasteiger partial charge in [0, 0.05) is 23.0 Å². The highest BCUT2D eigenvalue weighted by atomic mass is 35.5. The van der Waals surface area contributed by atoms with Crippen molar-refractivity contribution in [1.29, 1.82) is 0 Å². The number of hydrogen-bond donors (Lipinski definition) is 1. The van der Waals surface area contributed by atoms with Gasteiger partial charge in [-0.2, -0.15) is 0 Å². The van der Waals surface area contributed by atoms with Crippen LogP contribution in [0.2, 0.25) is 5.02 Å². The van der Waals surface area contributed by atoms with Crippen molar-refractivity contribution in [3.8, 4) is 0 Å². The first-order chi connectivity index (χ1) is 8.65. The van der Waals surface area contributed by atoms with Gasteiger partial charge in [-0.25, -0.2) is 0 Å². The smallest absolute Gasteiger partial charge is 0.251 e. The Morgan fingerprint density at radius 1 is 1.22 bits per heavy atom. The number of amides is 1. The molecule has 0 atom stereocenters. The SMILES string of the molecule is Cc1ccc(C(=O)NCCCCCCCl)cc1Cl. The Balaban J connectivity index is 2.30. The highest BCUT2D eigenvalue weighted by Crippen LogP contribution is 2.16. The molecule has 0 spiro atoms. The van der Waals surface area contributed by atoms with Crippen molar-refractivity contribution in [2.75, 3.05) is 12.4 Å². The van der Waals surface area contributed by atoms with Crippen LogP contribution in [0.15, 0.2) is 18.2 Å². The van der Waals surface area contributed by atoms with Crippen LogP contribution in [0.5, 0.6) is 0 Å². The summed E-state index contributed by atoms with van der Waals surface area (Å²) < 4.78 is 0. The van der Waals surface area contributed by atoms with E-state index >= 15 is 0 Å². The van der Waals surface area contributed by atoms with Gasteiger partial charge >= 0.3 is 0 Å². The third kappa shape index (κ3) is 5.28. The molecule has 0 aliphatic carbocycles. The lowest BCUT2D eigenvalue weighted by molar-refractivity contribution is 0.0953. The van der Waals surface area contributed by atoms with E-state index in [0.29, 0.717) is 23.0 Å². The number of rotatable bonds is 7. The molecule has 0 fully saturated rings. The second kappa shape index (κ2) is 8.39. The molecule has 18 heavy (non-hydrogen) atoms. The van der Waals surface area contributed by atoms with Crippen LogP contribution in [0.25, 0.3) is 0 Å². The molecule has 0 aromatic heterocycles. The molecular weight excluding hydrogens is 269 g/mol. The Hall–Kier alpha value is -0.730. The maximum Gasteiger partial charge on any atom is 0.251 e. The van der Waals surface area contributed by atoms with Crippen molar-refractivity contribution in [3.05, 3.63) is 34.3 Å². The molecule has 0 saturated heterocycles. The van der Waals surface area contributed by atoms with Gasteiger partial charge in [0.25, 0.3) is 5.91 Å². The number of carbonyl (C=O) groups is 1. The van der Waals surface area contributed by atoms with Crippen molar-refractivity contribution in [2.45, 2.75) is 32.6 Å². The van der Waals surface area contributed by atoms with Crippen LogP contribution in [0.3, 0.4) is 0 Å². The first-order valence-electron chi connectivity index (χ1n) is 6.25. The molecule has 1 aromatic carbocycles. The fraction of sp³-hybridized carbons (Fsp3) is 0.500. The maximum atomic E-state index is 11.8. The minimum atomic E-state index is -0.0609. The topological polar surface area (TPSA) is 29.1 Å². The van der Waals surface area contributed by atoms with Crippen LogP contribution in [-0.2, 0) is 0 Å². The van der Waals surface area contributed by atoms with E-state index in [2.05, 4.69) is 5.32 Å². The van der Waals surface area contributed by atoms with Crippen LogP contribution in [0.1, 0.15) is 41.6 Å². The molecule has 1 aromatic rings. The Labute approximate surface area is 119 Å². The molecule has 0 heterocycles. The third-order valence-corrected chi connectivity index (χ3v) is 3.45. The average molecular weight is 288 g/mol. The third-order valence-electron chi connectivity index (χ3n) is 2.78. The number of carbonyl (C=O) groups excluding carboxylic acids is 1. The summed E-state index contributed by atoms with van der Waals surface area (Å²) in [6.07, 6.45) is 4.25. The Morgan fingerprint density at radius 3 is 2.61 bits per heavy atom. The average Bonchev–Trinajstić information content (AvgIpc) is 2.36. The van der Waals surface area contributed by atoms with Gasteiger partial charge in [-0.3, -0.25) is 4.79 Å². The number of alkyl halides is 1. The van der Waals surface area contributed by atoms with Gasteiger partial charge in [0.2, 0.25) is 0 Å². The summed E-state index contributed by atoms with van der Waals surface area (Å²) in [5.41, 5.74) is 1.60. The summed E-state index contributed by atoms with van der Waals surface area (Å²) in [5.74, 6) is 0.656. The fourth-order valence-electron chi connectivity index (χ4n) is 1.61. The van der Waals surface area contributed by atoms with E-state index in [9.17, 15) is 4.79 Å². The number of halogens is 2. The molecular formula is C14H19Cl2NO. The van der Waals surface area contributed by atoms with E-state index in [4.69, 9.17) is 23.2 Å². The number of unbranched alkanes of at least 4 members (excludes halogenated alkanes) is 3. The van der Waals surface area contributed by atoms with E-state index in [0.717, 1.165) is 31.2 Å². The predicted molar refractivity (Wildman–Crippen MR) is 77.7 cm³/mol. The van der Waals surface area contributed by atoms with E-state index in [1.54, 1.807) is 12.1 Å². The van der Waals surface area contributed by atoms with Crippen LogP contribution < -0.4 is 5.32 Å². The first-order valence-corrected chi connectivity index (χ1v) is 7.16. The van der Waals surface area contributed by atoms with Crippen LogP contribution in [0, 0.1) is 6.92 Å². The normalized spacial score (nSPS) is 10.4. The molecule has 1 N–H and O–H groups in total. The van der Waals surface area contributed by atoms with Crippen molar-refractivity contribution in [3.63, 3.8) is 0 Å². The summed E-state index contributed by atoms with van der Waals surface area (Å²) in [7, 11) is 0. The van der Waals surface area contributed by atoms with E-state index in [1.807, 2.05) is 13.0 Å². The lowest BCUT2D eigenvalue weighted by Gasteiger charge is -2.06. The Kier molecular flexibility index (Phi) is 7.14. The zero-order valence-electron chi connectivity index (χ0n) is 10.6. The summed E-state index contributed by atoms with van der Waals surface area (Å²) >= 11 is 11.6. The largest absolute Gasteiger partial charge is 0.352 e. The standard InChI is InChI=1S/C14H19Cl2NO/c1-11-6-7-12(10-13(11)16)14(18)17-9-5-3-2-4-8-15/h6-7,10H,2-5,8-9H2,1H3,(H,17,18). The van der Waals surface area contributed by atoms with E-state index in [1.165, 1.54) is 0 Å². The molecule has 0 radical (unpaired) electrons. The lowest BCUT2D eigenvalue weighted by Crippen LogP contribution is -2.24. The van der Waals surface area contributed by atoms with Crippen molar-refractivity contribution in [1.82, 2.24) is 5.32 Å². The minimum absolute atomic E-state index is 0.0609. The number of aryl methyl sites for hydroxylation is 1. The van der Waals surface area contributed by atoms with Crippen LogP contribution >= 0.6 is 23.2 Å². The second-order valence-corrected chi connectivity index (χ2v) is 5.11. The van der Waals surface area contributed by atoms with Gasteiger partial charge in [0.05, 0.1) is 0 Å². The summed E-state index contributed by atoms with van der Waals surface area (Å²) in [4.78, 5) is 11.8. The molecule has 0 aliphatic heterocycles. The summed E-state index contributed by atoms with van der Waals surface area (Å²) in [5, 5.41) is 3.52. The van der Waals surface area contributed by atoms with E-state index < -0.39 is 0 Å². The first kappa shape index (κ1) is 15.3. The van der Waals surface area contributed by atoms with Gasteiger partial charge in [0.15, 0.2) is 0 Å². The molecule has 1 amide bonds. The summed E-state index contributed by atoms with van der Waals surface area (Å²) in [6, 6.07) is 5.36. The summed E-state index contributed by atoms with van der Waals surface area (Å²) in [6.45, 7) is 2.62. The molecule has 100 valence electrons. The Morgan fingerprint density at radius 2 is 1.94 bits per heavy atom. The maximum absolute atomic E-state index is 11.8. The fourth-order valence-corrected chi connectivity index (χ4v) is 1.98. The minimum Gasteiger partial charge on any atom is -0.352 e. The van der Waals surface area contributed by atoms with Gasteiger partial charge < -0.3 is 5.32 Å². The molecule has 2 nitrogen and oxygen atoms in total. The number of hydrogen-bond acceptors (Lipinski definition) is 1. The molecule has 1 rings (SSSR count). The molecule has 0 saturated carbocycles. The highest BCUT2D eigenvalue weighted by Gasteiger charge is 2.06. The molecule has 0 bridgehead atoms. The number of benzene rings is 1. The highest BCUT2D eigenvalue weighted by molar-refractivity contribution is 6.31. The van der Waals surface area contributed by atoms with Crippen molar-refractivity contribution < 1.29 is 4.79 Å². The van der Waals surface area contributed by atoms with Crippen molar-refractivity contribution >= 4 is 29.1 Å². The van der Waals surface area contributed by atoms with Gasteiger partial charge in [-0.15, -0.1) is 11.6 Å². The quantitative estimate of drug-likeness (QED) is 0.592. The van der Waals surface area contributed by atoms with Gasteiger partial charge in [-0.05, 0) is 37.5 Å². The monoisotopic (exact) mass is 287 g/mol. The molecule has 0 aliphatic rings. The zero-order chi connectivity index (χ0) is 13.4. The van der Waals surface area contributed by atoms with Gasteiger partial charge in [-0.1, -0.05) is 30.5 Å². The zero-order valence-corrected chi connectivity index (χ0v) is 12.2. The van der Waals surface area contributed by atoms with Crippen LogP contribution in [-0.4, -0.2) is 18.3 Å². The molecule has 4 heteroatoms. The molecule has 0 unspecified atom stereocenters. The Bertz CT molecular complexity index is 393. The van der Waals surface area contributed by atoms with E-state index in [-0.39, 0.29) is 5.91 Å².